The zero-order valence-electron chi connectivity index (χ0n) is 20.4. The van der Waals surface area contributed by atoms with Crippen molar-refractivity contribution in [1.82, 2.24) is 4.90 Å². The number of sulfone groups is 1. The maximum atomic E-state index is 13.6. The molecule has 2 aromatic carbocycles. The number of anilines is 1. The zero-order chi connectivity index (χ0) is 27.3. The fourth-order valence-electron chi connectivity index (χ4n) is 4.87. The fraction of sp³-hybridized carbons (Fsp3) is 0.440. The van der Waals surface area contributed by atoms with Crippen LogP contribution in [0.1, 0.15) is 56.8 Å². The van der Waals surface area contributed by atoms with Gasteiger partial charge < -0.3 is 15.0 Å². The molecule has 7 nitrogen and oxygen atoms in total. The van der Waals surface area contributed by atoms with E-state index in [1.165, 1.54) is 12.1 Å². The lowest BCUT2D eigenvalue weighted by Gasteiger charge is -2.39. The lowest BCUT2D eigenvalue weighted by molar-refractivity contribution is 0.00812. The van der Waals surface area contributed by atoms with Crippen molar-refractivity contribution in [2.24, 2.45) is 0 Å². The van der Waals surface area contributed by atoms with Gasteiger partial charge in [-0.15, -0.1) is 0 Å². The molecule has 0 saturated carbocycles. The number of nitrogens with zero attached hydrogens (tertiary/aromatic N) is 1. The number of hydrogen-bond acceptors (Lipinski definition) is 5. The number of hydrogen-bond donors (Lipinski definition) is 1. The van der Waals surface area contributed by atoms with Crippen LogP contribution in [0.5, 0.6) is 0 Å². The van der Waals surface area contributed by atoms with Gasteiger partial charge in [-0.25, -0.2) is 26.4 Å². The molecule has 3 atom stereocenters. The van der Waals surface area contributed by atoms with E-state index >= 15 is 0 Å². The maximum Gasteiger partial charge on any atom is 0.410 e. The van der Waals surface area contributed by atoms with Gasteiger partial charge in [-0.05, 0) is 64.7 Å². The van der Waals surface area contributed by atoms with E-state index in [2.05, 4.69) is 5.32 Å². The predicted octanol–water partition coefficient (Wildman–Crippen LogP) is 5.71. The summed E-state index contributed by atoms with van der Waals surface area (Å²) in [7, 11) is -4.01. The third-order valence-electron chi connectivity index (χ3n) is 6.47. The Hall–Kier alpha value is -2.79. The summed E-state index contributed by atoms with van der Waals surface area (Å²) in [4.78, 5) is 26.8. The minimum absolute atomic E-state index is 0.0858. The smallest absolute Gasteiger partial charge is 0.410 e. The Kier molecular flexibility index (Phi) is 7.24. The van der Waals surface area contributed by atoms with E-state index in [1.807, 2.05) is 0 Å². The molecule has 2 bridgehead atoms. The average molecular weight is 559 g/mol. The van der Waals surface area contributed by atoms with Crippen molar-refractivity contribution in [3.63, 3.8) is 0 Å². The summed E-state index contributed by atoms with van der Waals surface area (Å²) >= 11 is 6.23. The van der Waals surface area contributed by atoms with Crippen molar-refractivity contribution in [3.05, 3.63) is 58.4 Å². The van der Waals surface area contributed by atoms with Gasteiger partial charge in [0.15, 0.2) is 27.3 Å². The van der Waals surface area contributed by atoms with E-state index in [0.29, 0.717) is 25.0 Å². The van der Waals surface area contributed by atoms with Gasteiger partial charge in [0, 0.05) is 35.5 Å². The summed E-state index contributed by atoms with van der Waals surface area (Å²) in [6.45, 7) is 5.29. The van der Waals surface area contributed by atoms with Crippen LogP contribution in [0.25, 0.3) is 0 Å². The maximum absolute atomic E-state index is 13.6. The van der Waals surface area contributed by atoms with Gasteiger partial charge in [0.1, 0.15) is 5.60 Å². The Balaban J connectivity index is 1.55. The van der Waals surface area contributed by atoms with Crippen LogP contribution in [0.15, 0.2) is 35.2 Å². The predicted molar refractivity (Wildman–Crippen MR) is 131 cm³/mol. The van der Waals surface area contributed by atoms with Crippen molar-refractivity contribution in [1.29, 1.82) is 0 Å². The van der Waals surface area contributed by atoms with Crippen LogP contribution in [0.4, 0.5) is 23.7 Å². The number of fused-ring (bicyclic) bond motifs is 2. The molecule has 0 aromatic heterocycles. The molecular formula is C25H26ClF3N2O5S. The Morgan fingerprint density at radius 3 is 2.14 bits per heavy atom. The molecule has 2 aromatic rings. The number of ether oxygens (including phenoxy) is 1. The molecule has 37 heavy (non-hydrogen) atoms. The standard InChI is InChI=1S/C25H26ClF3N2O5S/c1-25(2,3)36-24(33)31-15-5-6-16(31)12-17(11-15)37(34,35)21-8-13(4-7-18(21)26)23(32)30-14-9-19(27)22(29)20(28)10-14/h4,7-10,15-17H,5-6,11-12H2,1-3H3,(H,30,32)/t15-,16?,17?/m0/s1. The van der Waals surface area contributed by atoms with Crippen molar-refractivity contribution >= 4 is 39.1 Å². The largest absolute Gasteiger partial charge is 0.444 e. The minimum atomic E-state index is -4.01. The summed E-state index contributed by atoms with van der Waals surface area (Å²) in [6, 6.07) is 4.23. The van der Waals surface area contributed by atoms with Crippen molar-refractivity contribution in [2.75, 3.05) is 5.32 Å². The van der Waals surface area contributed by atoms with Gasteiger partial charge in [0.2, 0.25) is 0 Å². The highest BCUT2D eigenvalue weighted by Crippen LogP contribution is 2.41. The number of benzene rings is 2. The van der Waals surface area contributed by atoms with Crippen molar-refractivity contribution in [3.8, 4) is 0 Å². The number of rotatable bonds is 4. The van der Waals surface area contributed by atoms with Crippen LogP contribution < -0.4 is 5.32 Å². The normalized spacial score (nSPS) is 21.6. The lowest BCUT2D eigenvalue weighted by Crippen LogP contribution is -2.51. The molecule has 0 radical (unpaired) electrons. The Morgan fingerprint density at radius 1 is 1.03 bits per heavy atom. The van der Waals surface area contributed by atoms with E-state index in [1.54, 1.807) is 25.7 Å². The molecule has 1 N–H and O–H groups in total. The number of nitrogens with one attached hydrogen (secondary N) is 1. The molecule has 200 valence electrons. The SMILES string of the molecule is CC(C)(C)OC(=O)N1C2CC[C@H]1CC(S(=O)(=O)c1cc(C(=O)Nc3cc(F)c(F)c(F)c3)ccc1Cl)C2. The van der Waals surface area contributed by atoms with Crippen LogP contribution in [-0.4, -0.2) is 48.3 Å². The molecule has 2 saturated heterocycles. The third-order valence-corrected chi connectivity index (χ3v) is 9.13. The Labute approximate surface area is 217 Å². The van der Waals surface area contributed by atoms with Crippen LogP contribution in [0, 0.1) is 17.5 Å². The molecule has 4 rings (SSSR count). The molecule has 2 fully saturated rings. The van der Waals surface area contributed by atoms with E-state index < -0.39 is 50.1 Å². The zero-order valence-corrected chi connectivity index (χ0v) is 21.9. The minimum Gasteiger partial charge on any atom is -0.444 e. The van der Waals surface area contributed by atoms with Gasteiger partial charge in [0.05, 0.1) is 15.2 Å². The first-order valence-corrected chi connectivity index (χ1v) is 13.6. The number of piperidine rings is 1. The summed E-state index contributed by atoms with van der Waals surface area (Å²) in [5, 5.41) is 1.30. The van der Waals surface area contributed by atoms with Gasteiger partial charge >= 0.3 is 6.09 Å². The summed E-state index contributed by atoms with van der Waals surface area (Å²) in [5.74, 6) is -5.51. The molecule has 2 amide bonds. The molecule has 2 aliphatic rings. The number of carbonyl (C=O) groups excluding carboxylic acids is 2. The van der Waals surface area contributed by atoms with E-state index in [4.69, 9.17) is 16.3 Å². The molecule has 2 aliphatic heterocycles. The summed E-state index contributed by atoms with van der Waals surface area (Å²) in [5.41, 5.74) is -1.14. The second-order valence-corrected chi connectivity index (χ2v) is 12.9. The van der Waals surface area contributed by atoms with Crippen LogP contribution >= 0.6 is 11.6 Å². The average Bonchev–Trinajstić information content (AvgIpc) is 3.05. The molecule has 2 heterocycles. The van der Waals surface area contributed by atoms with Crippen molar-refractivity contribution < 1.29 is 35.9 Å². The number of amides is 2. The van der Waals surface area contributed by atoms with E-state index in [0.717, 1.165) is 6.07 Å². The molecule has 2 unspecified atom stereocenters. The van der Waals surface area contributed by atoms with E-state index in [-0.39, 0.29) is 46.1 Å². The number of carbonyl (C=O) groups is 2. The first-order chi connectivity index (χ1) is 17.2. The molecule has 0 aliphatic carbocycles. The molecule has 0 spiro atoms. The first kappa shape index (κ1) is 27.3. The topological polar surface area (TPSA) is 92.8 Å². The van der Waals surface area contributed by atoms with E-state index in [9.17, 15) is 31.2 Å². The highest BCUT2D eigenvalue weighted by molar-refractivity contribution is 7.92. The van der Waals surface area contributed by atoms with Gasteiger partial charge in [-0.3, -0.25) is 4.79 Å². The summed E-state index contributed by atoms with van der Waals surface area (Å²) < 4.78 is 72.9. The monoisotopic (exact) mass is 558 g/mol. The van der Waals surface area contributed by atoms with Crippen LogP contribution in [0.2, 0.25) is 5.02 Å². The highest BCUT2D eigenvalue weighted by atomic mass is 35.5. The molecular weight excluding hydrogens is 533 g/mol. The second-order valence-electron chi connectivity index (χ2n) is 10.3. The van der Waals surface area contributed by atoms with Crippen molar-refractivity contribution in [2.45, 2.75) is 74.3 Å². The Bertz CT molecular complexity index is 1330. The summed E-state index contributed by atoms with van der Waals surface area (Å²) in [6.07, 6.45) is 1.22. The number of halogens is 4. The van der Waals surface area contributed by atoms with Gasteiger partial charge in [-0.1, -0.05) is 11.6 Å². The second kappa shape index (κ2) is 9.83. The highest BCUT2D eigenvalue weighted by Gasteiger charge is 2.48. The van der Waals surface area contributed by atoms with Crippen LogP contribution in [0.3, 0.4) is 0 Å². The third kappa shape index (κ3) is 5.57. The quantitative estimate of drug-likeness (QED) is 0.485. The first-order valence-electron chi connectivity index (χ1n) is 11.7. The Morgan fingerprint density at radius 2 is 1.59 bits per heavy atom. The molecule has 12 heteroatoms. The lowest BCUT2D eigenvalue weighted by atomic mass is 10.0. The van der Waals surface area contributed by atoms with Crippen LogP contribution in [-0.2, 0) is 14.6 Å². The fourth-order valence-corrected chi connectivity index (χ4v) is 7.25. The van der Waals surface area contributed by atoms with Gasteiger partial charge in [-0.2, -0.15) is 0 Å². The van der Waals surface area contributed by atoms with Gasteiger partial charge in [0.25, 0.3) is 5.91 Å².